The predicted octanol–water partition coefficient (Wildman–Crippen LogP) is 4.96. The van der Waals surface area contributed by atoms with Crippen molar-refractivity contribution in [2.24, 2.45) is 5.92 Å². The number of carbonyl (C=O) groups excluding carboxylic acids is 2. The first-order valence-corrected chi connectivity index (χ1v) is 13.0. The van der Waals surface area contributed by atoms with Gasteiger partial charge in [-0.05, 0) is 61.9 Å². The third-order valence-corrected chi connectivity index (χ3v) is 8.14. The van der Waals surface area contributed by atoms with Crippen molar-refractivity contribution in [3.05, 3.63) is 46.1 Å². The number of thiophene rings is 1. The van der Waals surface area contributed by atoms with E-state index in [9.17, 15) is 9.59 Å². The number of fused-ring (bicyclic) bond motifs is 5. The standard InChI is InChI=1S/C24H25N5O2S2/c1-4-19-26-23-21(17-10-5-13(2)11-18(17)33-23)22-27-28-24(29(19)22)32-12-20(31)25-16-8-6-15(7-9-16)14(3)30/h6-9,13H,4-5,10-12H2,1-3H3,(H,25,31)/t13-/m1/s1. The van der Waals surface area contributed by atoms with Crippen LogP contribution in [0.25, 0.3) is 15.9 Å². The Bertz CT molecular complexity index is 1370. The van der Waals surface area contributed by atoms with Crippen molar-refractivity contribution in [3.63, 3.8) is 0 Å². The Balaban J connectivity index is 1.40. The molecule has 0 fully saturated rings. The van der Waals surface area contributed by atoms with Gasteiger partial charge in [0.25, 0.3) is 0 Å². The van der Waals surface area contributed by atoms with Crippen LogP contribution in [-0.4, -0.2) is 37.0 Å². The number of thioether (sulfide) groups is 1. The lowest BCUT2D eigenvalue weighted by atomic mass is 9.89. The number of hydrogen-bond acceptors (Lipinski definition) is 7. The number of Topliss-reactive ketones (excluding diaryl/α,β-unsaturated/α-hetero) is 1. The largest absolute Gasteiger partial charge is 0.325 e. The summed E-state index contributed by atoms with van der Waals surface area (Å²) in [6.45, 7) is 5.91. The van der Waals surface area contributed by atoms with Gasteiger partial charge in [0.2, 0.25) is 5.91 Å². The number of aromatic nitrogens is 4. The maximum atomic E-state index is 12.5. The van der Waals surface area contributed by atoms with Crippen molar-refractivity contribution in [1.82, 2.24) is 19.6 Å². The summed E-state index contributed by atoms with van der Waals surface area (Å²) >= 11 is 3.15. The van der Waals surface area contributed by atoms with Gasteiger partial charge in [0.05, 0.1) is 11.1 Å². The molecule has 0 aliphatic heterocycles. The summed E-state index contributed by atoms with van der Waals surface area (Å²) in [5.41, 5.74) is 3.51. The maximum absolute atomic E-state index is 12.5. The Morgan fingerprint density at radius 3 is 2.76 bits per heavy atom. The second-order valence-electron chi connectivity index (χ2n) is 8.53. The van der Waals surface area contributed by atoms with E-state index in [2.05, 4.69) is 29.4 Å². The fourth-order valence-electron chi connectivity index (χ4n) is 4.32. The van der Waals surface area contributed by atoms with E-state index in [-0.39, 0.29) is 17.4 Å². The molecule has 1 atom stereocenters. The highest BCUT2D eigenvalue weighted by Gasteiger charge is 2.25. The molecule has 3 aromatic heterocycles. The number of carbonyl (C=O) groups is 2. The highest BCUT2D eigenvalue weighted by Crippen LogP contribution is 2.39. The molecule has 0 saturated carbocycles. The Hall–Kier alpha value is -2.78. The minimum absolute atomic E-state index is 0.00189. The molecule has 0 bridgehead atoms. The molecule has 170 valence electrons. The number of amides is 1. The number of anilines is 1. The van der Waals surface area contributed by atoms with E-state index in [1.54, 1.807) is 35.6 Å². The highest BCUT2D eigenvalue weighted by atomic mass is 32.2. The van der Waals surface area contributed by atoms with E-state index in [4.69, 9.17) is 4.98 Å². The van der Waals surface area contributed by atoms with Crippen molar-refractivity contribution >= 4 is 56.3 Å². The molecular formula is C24H25N5O2S2. The molecule has 0 saturated heterocycles. The first kappa shape index (κ1) is 22.0. The summed E-state index contributed by atoms with van der Waals surface area (Å²) < 4.78 is 2.02. The average molecular weight is 480 g/mol. The van der Waals surface area contributed by atoms with E-state index < -0.39 is 0 Å². The van der Waals surface area contributed by atoms with E-state index >= 15 is 0 Å². The minimum atomic E-state index is -0.138. The van der Waals surface area contributed by atoms with E-state index in [0.717, 1.165) is 41.0 Å². The van der Waals surface area contributed by atoms with Crippen LogP contribution in [0, 0.1) is 5.92 Å². The van der Waals surface area contributed by atoms with Crippen molar-refractivity contribution in [1.29, 1.82) is 0 Å². The number of benzene rings is 1. The van der Waals surface area contributed by atoms with Crippen LogP contribution in [0.3, 0.4) is 0 Å². The van der Waals surface area contributed by atoms with Gasteiger partial charge in [-0.25, -0.2) is 4.98 Å². The number of nitrogens with one attached hydrogen (secondary N) is 1. The molecule has 1 aliphatic carbocycles. The van der Waals surface area contributed by atoms with Gasteiger partial charge in [-0.1, -0.05) is 25.6 Å². The van der Waals surface area contributed by atoms with Crippen LogP contribution in [0.4, 0.5) is 5.69 Å². The summed E-state index contributed by atoms with van der Waals surface area (Å²) in [6.07, 6.45) is 4.10. The number of rotatable bonds is 6. The molecule has 0 unspecified atom stereocenters. The van der Waals surface area contributed by atoms with E-state index in [1.807, 2.05) is 4.40 Å². The van der Waals surface area contributed by atoms with Gasteiger partial charge in [-0.2, -0.15) is 0 Å². The summed E-state index contributed by atoms with van der Waals surface area (Å²) in [7, 11) is 0. The fourth-order valence-corrected chi connectivity index (χ4v) is 6.47. The summed E-state index contributed by atoms with van der Waals surface area (Å²) in [5.74, 6) is 1.68. The molecule has 5 rings (SSSR count). The summed E-state index contributed by atoms with van der Waals surface area (Å²) in [6, 6.07) is 6.90. The van der Waals surface area contributed by atoms with Crippen molar-refractivity contribution in [3.8, 4) is 0 Å². The SMILES string of the molecule is CCc1nc2sc3c(c2c2nnc(SCC(=O)Nc4ccc(C(C)=O)cc4)n12)CC[C@@H](C)C3. The number of ketones is 1. The van der Waals surface area contributed by atoms with Crippen LogP contribution in [0.1, 0.15) is 53.8 Å². The average Bonchev–Trinajstić information content (AvgIpc) is 3.38. The van der Waals surface area contributed by atoms with Crippen LogP contribution < -0.4 is 5.32 Å². The number of nitrogens with zero attached hydrogens (tertiary/aromatic N) is 4. The first-order valence-electron chi connectivity index (χ1n) is 11.2. The summed E-state index contributed by atoms with van der Waals surface area (Å²) in [4.78, 5) is 31.4. The molecule has 4 aromatic rings. The van der Waals surface area contributed by atoms with Crippen LogP contribution in [0.5, 0.6) is 0 Å². The molecule has 9 heteroatoms. The molecule has 1 aromatic carbocycles. The Morgan fingerprint density at radius 1 is 1.24 bits per heavy atom. The molecule has 33 heavy (non-hydrogen) atoms. The topological polar surface area (TPSA) is 89.2 Å². The smallest absolute Gasteiger partial charge is 0.234 e. The molecule has 7 nitrogen and oxygen atoms in total. The molecule has 1 N–H and O–H groups in total. The third-order valence-electron chi connectivity index (χ3n) is 6.06. The van der Waals surface area contributed by atoms with Gasteiger partial charge in [-0.3, -0.25) is 14.0 Å². The molecule has 3 heterocycles. The Morgan fingerprint density at radius 2 is 2.03 bits per heavy atom. The van der Waals surface area contributed by atoms with E-state index in [0.29, 0.717) is 22.3 Å². The molecule has 0 spiro atoms. The van der Waals surface area contributed by atoms with Gasteiger partial charge >= 0.3 is 0 Å². The van der Waals surface area contributed by atoms with Gasteiger partial charge in [0.15, 0.2) is 16.6 Å². The maximum Gasteiger partial charge on any atom is 0.234 e. The summed E-state index contributed by atoms with van der Waals surface area (Å²) in [5, 5.41) is 13.7. The second-order valence-corrected chi connectivity index (χ2v) is 10.6. The third kappa shape index (κ3) is 4.15. The van der Waals surface area contributed by atoms with Crippen molar-refractivity contribution in [2.75, 3.05) is 11.1 Å². The van der Waals surface area contributed by atoms with Crippen LogP contribution in [-0.2, 0) is 24.1 Å². The quantitative estimate of drug-likeness (QED) is 0.311. The van der Waals surface area contributed by atoms with Crippen molar-refractivity contribution in [2.45, 2.75) is 51.6 Å². The zero-order valence-electron chi connectivity index (χ0n) is 18.8. The van der Waals surface area contributed by atoms with E-state index in [1.165, 1.54) is 35.5 Å². The van der Waals surface area contributed by atoms with Crippen molar-refractivity contribution < 1.29 is 9.59 Å². The van der Waals surface area contributed by atoms with Crippen LogP contribution in [0.2, 0.25) is 0 Å². The van der Waals surface area contributed by atoms with Crippen LogP contribution >= 0.6 is 23.1 Å². The predicted molar refractivity (Wildman–Crippen MR) is 133 cm³/mol. The lowest BCUT2D eigenvalue weighted by Gasteiger charge is -2.17. The number of hydrogen-bond donors (Lipinski definition) is 1. The van der Waals surface area contributed by atoms with Gasteiger partial charge in [0, 0.05) is 22.5 Å². The van der Waals surface area contributed by atoms with Crippen LogP contribution in [0.15, 0.2) is 29.4 Å². The Labute approximate surface area is 200 Å². The zero-order valence-corrected chi connectivity index (χ0v) is 20.5. The zero-order chi connectivity index (χ0) is 23.1. The minimum Gasteiger partial charge on any atom is -0.325 e. The Kier molecular flexibility index (Phi) is 5.92. The fraction of sp³-hybridized carbons (Fsp3) is 0.375. The first-order chi connectivity index (χ1) is 15.9. The normalized spacial score (nSPS) is 15.7. The molecule has 1 aliphatic rings. The van der Waals surface area contributed by atoms with Gasteiger partial charge in [0.1, 0.15) is 10.7 Å². The molecular weight excluding hydrogens is 454 g/mol. The lowest BCUT2D eigenvalue weighted by Crippen LogP contribution is -2.14. The van der Waals surface area contributed by atoms with Gasteiger partial charge in [-0.15, -0.1) is 21.5 Å². The second kappa shape index (κ2) is 8.87. The monoisotopic (exact) mass is 479 g/mol. The highest BCUT2D eigenvalue weighted by molar-refractivity contribution is 7.99. The molecule has 0 radical (unpaired) electrons. The lowest BCUT2D eigenvalue weighted by molar-refractivity contribution is -0.113. The number of aryl methyl sites for hydroxylation is 2. The molecule has 1 amide bonds. The van der Waals surface area contributed by atoms with Gasteiger partial charge < -0.3 is 5.32 Å².